The summed E-state index contributed by atoms with van der Waals surface area (Å²) >= 11 is 0. The Morgan fingerprint density at radius 1 is 0.349 bits per heavy atom. The minimum Gasteiger partial charge on any atom is -0.288 e. The van der Waals surface area contributed by atoms with E-state index in [1.807, 2.05) is 49.2 Å². The van der Waals surface area contributed by atoms with Crippen LogP contribution in [0.4, 0.5) is 22.7 Å². The number of fused-ring (bicyclic) bond motifs is 15. The van der Waals surface area contributed by atoms with Crippen LogP contribution in [0.25, 0.3) is 32.6 Å². The van der Waals surface area contributed by atoms with Gasteiger partial charge in [0.15, 0.2) is 68.0 Å². The van der Waals surface area contributed by atoms with Gasteiger partial charge in [-0.15, -0.1) is 0 Å². The molecule has 0 atom stereocenters. The molecule has 20 heterocycles. The maximum atomic E-state index is 4.24. The number of para-hydroxylation sites is 5. The van der Waals surface area contributed by atoms with E-state index in [9.17, 15) is 0 Å². The summed E-state index contributed by atoms with van der Waals surface area (Å²) in [7, 11) is 0.935. The Morgan fingerprint density at radius 3 is 1.40 bits per heavy atom. The summed E-state index contributed by atoms with van der Waals surface area (Å²) in [4.78, 5) is 8.32. The van der Waals surface area contributed by atoms with Crippen LogP contribution in [-0.4, -0.2) is 210 Å². The molecule has 10 aliphatic heterocycles. The second-order valence-electron chi connectivity index (χ2n) is 42.0. The fraction of sp³-hybridized carbons (Fsp3) is 0.317. The topological polar surface area (TPSA) is 105 Å². The minimum atomic E-state index is -1.16. The van der Waals surface area contributed by atoms with Crippen molar-refractivity contribution in [3.05, 3.63) is 377 Å². The molecule has 2 aliphatic carbocycles. The number of hydrogen-bond acceptors (Lipinski definition) is 2. The van der Waals surface area contributed by atoms with Gasteiger partial charge in [0.05, 0.1) is 30.7 Å². The van der Waals surface area contributed by atoms with Crippen molar-refractivity contribution < 1.29 is 45.8 Å². The fourth-order valence-electron chi connectivity index (χ4n) is 22.2. The van der Waals surface area contributed by atoms with Gasteiger partial charge in [0.1, 0.15) is 83.8 Å². The predicted molar refractivity (Wildman–Crippen MR) is 598 cm³/mol. The normalized spacial score (nSPS) is 15.8. The van der Waals surface area contributed by atoms with Crippen LogP contribution in [0.15, 0.2) is 286 Å². The first-order valence-electron chi connectivity index (χ1n) is 52.9. The lowest BCUT2D eigenvalue weighted by Crippen LogP contribution is -2.43. The zero-order valence-electron chi connectivity index (χ0n) is 88.0. The Bertz CT molecular complexity index is 7820. The molecule has 0 N–H and O–H groups in total. The lowest BCUT2D eigenvalue weighted by atomic mass is 9.95. The molecule has 146 heavy (non-hydrogen) atoms. The van der Waals surface area contributed by atoms with Crippen molar-refractivity contribution in [2.24, 2.45) is 0 Å². The standard InChI is InChI=1S/C17H15N2.C16H19N2.C15H17N2.C13H19N2.2C11H10N3.C11H19N2Si.C11H11N2.C10H15N2.C8H11N2/c1-13-9-10-15-11-18(12-19(13)15)17-8-4-6-14-5-2-3-7-16(14)17;1-2-7-14(8-3-1)17-11-15-10-13-6-4-5-9-16(13)18(15)12-17;1-11-5-4-6-12(2)15(11)16-9-14-8-7-13(3)17(14)10-16;1-11-7-8-13-9-14(10-15(11)13)12-5-3-2-4-6-12;1-2-4-10(5-3-1)13-7-11-6-12-8-14(11)9-13;1-2-4-10(5-3-1)14-8-11-12-6-7-13(11)9-14;1-5-12-8-10-6-7-11(13(10)9-12)14(2,3)4;1-12-7-10-6-9-4-2-3-5-11(9)13(10)8-12;1-8(2)11-6-10-5-4-9(3)12(10)7-11;1-2-9-6-8-4-3-5-10(8)7-9/h2-11H,12H2,1H3;4-6,9-11,14H,1-3,7-8,12H2;4-9H,10H2,1-3H3;7-9,12H,2-6,10H2,1H3;2*1-8H,9H2;6-8H,5,9H2,1-4H3;2-7H,8H2,1H3;4-6,8H,7H2,1-3H3;3-6H,2,7H2,1H3/q10*+1. The molecule has 2 saturated carbocycles. The third kappa shape index (κ3) is 21.8. The average Bonchev–Trinajstić information content (AvgIpc) is 1.66. The zero-order valence-corrected chi connectivity index (χ0v) is 89.0. The van der Waals surface area contributed by atoms with E-state index in [0.29, 0.717) is 6.04 Å². The summed E-state index contributed by atoms with van der Waals surface area (Å²) in [5.74, 6) is 1.02. The van der Waals surface area contributed by atoms with E-state index >= 15 is 0 Å². The smallest absolute Gasteiger partial charge is 0.229 e. The highest BCUT2D eigenvalue weighted by Gasteiger charge is 2.35. The predicted octanol–water partition coefficient (Wildman–Crippen LogP) is 21.6. The van der Waals surface area contributed by atoms with Gasteiger partial charge in [-0.2, -0.15) is 18.3 Å². The maximum Gasteiger partial charge on any atom is 0.229 e. The van der Waals surface area contributed by atoms with Crippen LogP contribution in [-0.2, 0) is 66.7 Å². The van der Waals surface area contributed by atoms with E-state index in [-0.39, 0.29) is 0 Å². The highest BCUT2D eigenvalue weighted by atomic mass is 28.3. The van der Waals surface area contributed by atoms with E-state index < -0.39 is 8.07 Å². The summed E-state index contributed by atoms with van der Waals surface area (Å²) < 4.78 is 46.5. The van der Waals surface area contributed by atoms with Crippen LogP contribution in [0.3, 0.4) is 0 Å². The molecule has 0 unspecified atom stereocenters. The number of benzene rings is 7. The van der Waals surface area contributed by atoms with Crippen molar-refractivity contribution in [3.63, 3.8) is 0 Å². The maximum absolute atomic E-state index is 4.24. The quantitative estimate of drug-likeness (QED) is 0.100. The van der Waals surface area contributed by atoms with Crippen LogP contribution in [0.1, 0.15) is 183 Å². The molecule has 29 rings (SSSR count). The Kier molecular flexibility index (Phi) is 29.5. The van der Waals surface area contributed by atoms with Gasteiger partial charge in [0.25, 0.3) is 0 Å². The Balaban J connectivity index is 0.0000000991. The largest absolute Gasteiger partial charge is 0.288 e. The highest BCUT2D eigenvalue weighted by molar-refractivity contribution is 6.88. The number of nitrogens with zero attached hydrogens (tertiary/aromatic N) is 22. The van der Waals surface area contributed by atoms with Crippen molar-refractivity contribution in [1.29, 1.82) is 0 Å². The molecule has 742 valence electrons. The van der Waals surface area contributed by atoms with Crippen molar-refractivity contribution in [2.45, 2.75) is 238 Å². The third-order valence-corrected chi connectivity index (χ3v) is 32.4. The van der Waals surface area contributed by atoms with Gasteiger partial charge in [-0.25, -0.2) is 37.4 Å². The second-order valence-corrected chi connectivity index (χ2v) is 47.0. The first-order chi connectivity index (χ1) is 71.1. The van der Waals surface area contributed by atoms with Gasteiger partial charge in [0.2, 0.25) is 101 Å². The highest BCUT2D eigenvalue weighted by Crippen LogP contribution is 2.33. The van der Waals surface area contributed by atoms with Crippen LogP contribution in [0, 0.1) is 41.5 Å². The summed E-state index contributed by atoms with van der Waals surface area (Å²) in [6.07, 6.45) is 46.0. The molecule has 7 aromatic carbocycles. The number of hydrogen-bond donors (Lipinski definition) is 0. The number of imidazole rings is 2. The van der Waals surface area contributed by atoms with Gasteiger partial charge in [0, 0.05) is 125 Å². The summed E-state index contributed by atoms with van der Waals surface area (Å²) in [5.41, 5.74) is 27.7. The lowest BCUT2D eigenvalue weighted by Gasteiger charge is -2.18. The Morgan fingerprint density at radius 2 is 0.829 bits per heavy atom. The third-order valence-electron chi connectivity index (χ3n) is 30.4. The zero-order chi connectivity index (χ0) is 101. The fourth-order valence-corrected chi connectivity index (χ4v) is 23.7. The van der Waals surface area contributed by atoms with E-state index in [1.165, 1.54) is 199 Å². The van der Waals surface area contributed by atoms with Gasteiger partial charge in [-0.05, 0) is 203 Å². The van der Waals surface area contributed by atoms with E-state index in [0.717, 1.165) is 103 Å². The number of rotatable bonds is 10. The van der Waals surface area contributed by atoms with Crippen LogP contribution >= 0.6 is 0 Å². The molecule has 0 saturated heterocycles. The van der Waals surface area contributed by atoms with Crippen LogP contribution < -0.4 is 5.32 Å². The molecule has 0 spiro atoms. The molecule has 10 aromatic heterocycles. The minimum absolute atomic E-state index is 0.601. The van der Waals surface area contributed by atoms with E-state index in [2.05, 4.69) is 496 Å². The molecule has 2 fully saturated rings. The summed E-state index contributed by atoms with van der Waals surface area (Å²) in [6.45, 7) is 41.0. The molecule has 23 heteroatoms. The molecule has 0 radical (unpaired) electrons. The molecular weight excluding hydrogens is 1810 g/mol. The average molecular weight is 1960 g/mol. The second kappa shape index (κ2) is 43.8. The van der Waals surface area contributed by atoms with E-state index in [1.54, 1.807) is 5.32 Å². The van der Waals surface area contributed by atoms with Crippen molar-refractivity contribution in [3.8, 4) is 0 Å². The number of aromatic nitrogens is 12. The van der Waals surface area contributed by atoms with Crippen LogP contribution in [0.2, 0.25) is 19.6 Å². The summed E-state index contributed by atoms with van der Waals surface area (Å²) in [5, 5.41) is 6.87. The summed E-state index contributed by atoms with van der Waals surface area (Å²) in [6, 6.07) is 92.4. The van der Waals surface area contributed by atoms with Crippen molar-refractivity contribution in [1.82, 2.24) is 55.6 Å². The first kappa shape index (κ1) is 98.3. The molecule has 22 nitrogen and oxygen atoms in total. The van der Waals surface area contributed by atoms with Crippen LogP contribution in [0.5, 0.6) is 0 Å². The number of aryl methyl sites for hydroxylation is 6. The SMILES string of the molecule is C1=[N+](C2CCCCC2)Cn2c1cc1ccccc12.C1=[N+](c2ccccc2)Cn2ccnc21.C1=[N+](c2ccccc2)Cn2cncc21.CC[N+]1=Cc2ccc([Si](C)(C)C)n2C1.CC[N+]1=Cc2cccn2C1.C[N+]1=Cc2cc3ccccc3n2C1.Cc1ccc2n1C[N+](C(C)C)=C2.Cc1ccc2n1C[N+](C1CCCCC1)=C2.Cc1ccc2n1C[N+](c1cccc3ccccc13)=C2.Cc1cccc(C)c1[N+]1=Cc2ccc(C)n2C1. The Hall–Kier alpha value is -15.1. The van der Waals surface area contributed by atoms with Gasteiger partial charge in [-0.3, -0.25) is 45.7 Å². The molecule has 12 aliphatic rings. The van der Waals surface area contributed by atoms with Gasteiger partial charge in [-0.1, -0.05) is 154 Å². The molecular formula is C123H146N22Si+10. The van der Waals surface area contributed by atoms with Crippen molar-refractivity contribution >= 4 is 131 Å². The lowest BCUT2D eigenvalue weighted by molar-refractivity contribution is -0.588. The molecule has 0 amide bonds. The molecule has 0 bridgehead atoms. The first-order valence-corrected chi connectivity index (χ1v) is 56.4. The molecule has 17 aromatic rings. The van der Waals surface area contributed by atoms with E-state index in [4.69, 9.17) is 0 Å². The van der Waals surface area contributed by atoms with Crippen molar-refractivity contribution in [2.75, 3.05) is 20.1 Å². The van der Waals surface area contributed by atoms with Gasteiger partial charge < -0.3 is 0 Å². The monoisotopic (exact) mass is 1960 g/mol. The van der Waals surface area contributed by atoms with Gasteiger partial charge >= 0.3 is 0 Å². The Labute approximate surface area is 861 Å².